The minimum absolute atomic E-state index is 0.00408. The zero-order valence-corrected chi connectivity index (χ0v) is 17.6. The first-order valence-corrected chi connectivity index (χ1v) is 9.63. The Kier molecular flexibility index (Phi) is 7.75. The number of carbonyl (C=O) groups excluding carboxylic acids is 3. The van der Waals surface area contributed by atoms with Crippen molar-refractivity contribution in [1.82, 2.24) is 10.2 Å². The fraction of sp³-hybridized carbons (Fsp3) is 0.571. The van der Waals surface area contributed by atoms with Gasteiger partial charge >= 0.3 is 11.9 Å². The molecule has 1 aromatic carbocycles. The maximum Gasteiger partial charge on any atom is 0.328 e. The highest BCUT2D eigenvalue weighted by Gasteiger charge is 2.46. The normalized spacial score (nSPS) is 20.5. The summed E-state index contributed by atoms with van der Waals surface area (Å²) in [6, 6.07) is 8.22. The van der Waals surface area contributed by atoms with E-state index in [1.165, 1.54) is 14.2 Å². The van der Waals surface area contributed by atoms with Crippen LogP contribution in [-0.4, -0.2) is 61.4 Å². The van der Waals surface area contributed by atoms with E-state index in [1.54, 1.807) is 6.92 Å². The van der Waals surface area contributed by atoms with E-state index in [-0.39, 0.29) is 24.8 Å². The quantitative estimate of drug-likeness (QED) is 0.658. The van der Waals surface area contributed by atoms with Crippen molar-refractivity contribution in [3.63, 3.8) is 0 Å². The van der Waals surface area contributed by atoms with E-state index in [0.717, 1.165) is 5.56 Å². The zero-order valence-electron chi connectivity index (χ0n) is 17.6. The van der Waals surface area contributed by atoms with E-state index in [4.69, 9.17) is 9.47 Å². The number of esters is 2. The third-order valence-electron chi connectivity index (χ3n) is 5.20. The average Bonchev–Trinajstić information content (AvgIpc) is 3.04. The molecule has 1 amide bonds. The van der Waals surface area contributed by atoms with Crippen LogP contribution in [0, 0.1) is 0 Å². The summed E-state index contributed by atoms with van der Waals surface area (Å²) in [5.74, 6) is -1.41. The third-order valence-corrected chi connectivity index (χ3v) is 5.20. The van der Waals surface area contributed by atoms with Gasteiger partial charge in [0.1, 0.15) is 11.8 Å². The molecule has 8 nitrogen and oxygen atoms in total. The fourth-order valence-corrected chi connectivity index (χ4v) is 3.66. The van der Waals surface area contributed by atoms with Gasteiger partial charge in [-0.2, -0.15) is 0 Å². The Hall–Kier alpha value is -2.45. The number of benzene rings is 1. The van der Waals surface area contributed by atoms with Crippen LogP contribution in [0.1, 0.15) is 45.2 Å². The van der Waals surface area contributed by atoms with Gasteiger partial charge in [0.05, 0.1) is 32.9 Å². The second-order valence-electron chi connectivity index (χ2n) is 7.47. The minimum atomic E-state index is -0.934. The highest BCUT2D eigenvalue weighted by Crippen LogP contribution is 2.38. The van der Waals surface area contributed by atoms with Gasteiger partial charge < -0.3 is 19.5 Å². The van der Waals surface area contributed by atoms with Crippen LogP contribution in [-0.2, 0) is 28.6 Å². The van der Waals surface area contributed by atoms with E-state index < -0.39 is 29.7 Å². The molecule has 0 aliphatic carbocycles. The van der Waals surface area contributed by atoms with Crippen LogP contribution in [0.4, 0.5) is 0 Å². The Bertz CT molecular complexity index is 721. The molecular weight excluding hydrogens is 376 g/mol. The minimum Gasteiger partial charge on any atom is -0.469 e. The molecule has 1 saturated heterocycles. The second kappa shape index (κ2) is 9.84. The summed E-state index contributed by atoms with van der Waals surface area (Å²) in [6.45, 7) is 6.05. The summed E-state index contributed by atoms with van der Waals surface area (Å²) in [5.41, 5.74) is 0.386. The molecule has 1 aliphatic heterocycles. The summed E-state index contributed by atoms with van der Waals surface area (Å²) in [4.78, 5) is 38.5. The van der Waals surface area contributed by atoms with E-state index in [9.17, 15) is 14.4 Å². The largest absolute Gasteiger partial charge is 0.469 e. The summed E-state index contributed by atoms with van der Waals surface area (Å²) in [7, 11) is 2.52. The fourth-order valence-electron chi connectivity index (χ4n) is 3.66. The van der Waals surface area contributed by atoms with Crippen molar-refractivity contribution in [3.05, 3.63) is 35.9 Å². The number of rotatable bonds is 8. The van der Waals surface area contributed by atoms with Gasteiger partial charge in [-0.05, 0) is 32.8 Å². The molecule has 0 spiro atoms. The number of amides is 1. The summed E-state index contributed by atoms with van der Waals surface area (Å²) < 4.78 is 15.3. The maximum absolute atomic E-state index is 13.0. The van der Waals surface area contributed by atoms with Crippen molar-refractivity contribution in [3.8, 4) is 0 Å². The predicted molar refractivity (Wildman–Crippen MR) is 106 cm³/mol. The number of hydrogen-bond acceptors (Lipinski definition) is 7. The molecule has 8 heteroatoms. The van der Waals surface area contributed by atoms with Crippen molar-refractivity contribution in [2.75, 3.05) is 20.8 Å². The predicted octanol–water partition coefficient (Wildman–Crippen LogP) is 1.80. The molecule has 0 saturated carbocycles. The van der Waals surface area contributed by atoms with Gasteiger partial charge in [0.25, 0.3) is 0 Å². The standard InChI is InChI=1S/C21H30N2O6/c1-14(19(25)22-16(20(26)28-5)11-12-18(24)27-4)23-17(13-29-21(23,2)3)15-9-7-6-8-10-15/h6-10,14,16-17H,11-13H2,1-5H3,(H,22,25)/t14-,16-,17-/m0/s1. The van der Waals surface area contributed by atoms with Crippen LogP contribution in [0.15, 0.2) is 30.3 Å². The van der Waals surface area contributed by atoms with Crippen LogP contribution in [0.2, 0.25) is 0 Å². The first-order chi connectivity index (χ1) is 13.7. The molecule has 1 N–H and O–H groups in total. The lowest BCUT2D eigenvalue weighted by molar-refractivity contribution is -0.148. The SMILES string of the molecule is COC(=O)CC[C@H](NC(=O)[C@H](C)N1[C@H](c2ccccc2)COC1(C)C)C(=O)OC. The van der Waals surface area contributed by atoms with Crippen LogP contribution in [0.5, 0.6) is 0 Å². The van der Waals surface area contributed by atoms with E-state index in [0.29, 0.717) is 6.61 Å². The molecule has 0 aromatic heterocycles. The zero-order chi connectivity index (χ0) is 21.6. The second-order valence-corrected chi connectivity index (χ2v) is 7.47. The van der Waals surface area contributed by atoms with Gasteiger partial charge in [-0.1, -0.05) is 30.3 Å². The molecule has 3 atom stereocenters. The molecule has 0 unspecified atom stereocenters. The van der Waals surface area contributed by atoms with Crippen molar-refractivity contribution in [2.45, 2.75) is 57.5 Å². The number of nitrogens with zero attached hydrogens (tertiary/aromatic N) is 1. The number of hydrogen-bond donors (Lipinski definition) is 1. The molecule has 0 radical (unpaired) electrons. The Labute approximate surface area is 171 Å². The number of methoxy groups -OCH3 is 2. The van der Waals surface area contributed by atoms with Gasteiger partial charge in [-0.3, -0.25) is 14.5 Å². The Morgan fingerprint density at radius 2 is 1.86 bits per heavy atom. The van der Waals surface area contributed by atoms with Gasteiger partial charge in [-0.15, -0.1) is 0 Å². The van der Waals surface area contributed by atoms with E-state index >= 15 is 0 Å². The lowest BCUT2D eigenvalue weighted by Crippen LogP contribution is -2.55. The van der Waals surface area contributed by atoms with Crippen molar-refractivity contribution in [1.29, 1.82) is 0 Å². The number of nitrogens with one attached hydrogen (secondary N) is 1. The lowest BCUT2D eigenvalue weighted by Gasteiger charge is -2.38. The van der Waals surface area contributed by atoms with Crippen LogP contribution >= 0.6 is 0 Å². The van der Waals surface area contributed by atoms with Gasteiger partial charge in [0, 0.05) is 6.42 Å². The molecule has 1 aliphatic rings. The van der Waals surface area contributed by atoms with Crippen molar-refractivity contribution < 1.29 is 28.6 Å². The van der Waals surface area contributed by atoms with Gasteiger partial charge in [-0.25, -0.2) is 4.79 Å². The van der Waals surface area contributed by atoms with Crippen molar-refractivity contribution in [2.24, 2.45) is 0 Å². The highest BCUT2D eigenvalue weighted by atomic mass is 16.5. The maximum atomic E-state index is 13.0. The molecule has 2 rings (SSSR count). The Balaban J connectivity index is 2.16. The third kappa shape index (κ3) is 5.55. The van der Waals surface area contributed by atoms with E-state index in [1.807, 2.05) is 49.1 Å². The number of ether oxygens (including phenoxy) is 3. The average molecular weight is 406 g/mol. The van der Waals surface area contributed by atoms with Gasteiger partial charge in [0.15, 0.2) is 0 Å². The monoisotopic (exact) mass is 406 g/mol. The lowest BCUT2D eigenvalue weighted by atomic mass is 10.0. The van der Waals surface area contributed by atoms with Crippen molar-refractivity contribution >= 4 is 17.8 Å². The topological polar surface area (TPSA) is 94.2 Å². The smallest absolute Gasteiger partial charge is 0.328 e. The summed E-state index contributed by atoms with van der Waals surface area (Å²) in [5, 5.41) is 2.72. The molecule has 1 fully saturated rings. The van der Waals surface area contributed by atoms with E-state index in [2.05, 4.69) is 10.1 Å². The molecule has 1 aromatic rings. The first-order valence-electron chi connectivity index (χ1n) is 9.63. The summed E-state index contributed by atoms with van der Waals surface area (Å²) in [6.07, 6.45) is 0.0930. The number of carbonyl (C=O) groups is 3. The van der Waals surface area contributed by atoms with Crippen LogP contribution in [0.3, 0.4) is 0 Å². The highest BCUT2D eigenvalue weighted by molar-refractivity contribution is 5.87. The summed E-state index contributed by atoms with van der Waals surface area (Å²) >= 11 is 0. The van der Waals surface area contributed by atoms with Crippen LogP contribution < -0.4 is 5.32 Å². The molecule has 1 heterocycles. The Morgan fingerprint density at radius 3 is 2.45 bits per heavy atom. The molecule has 0 bridgehead atoms. The first kappa shape index (κ1) is 22.8. The molecule has 160 valence electrons. The Morgan fingerprint density at radius 1 is 1.21 bits per heavy atom. The van der Waals surface area contributed by atoms with Gasteiger partial charge in [0.2, 0.25) is 5.91 Å². The molecule has 29 heavy (non-hydrogen) atoms. The van der Waals surface area contributed by atoms with Crippen LogP contribution in [0.25, 0.3) is 0 Å². The molecular formula is C21H30N2O6.